The molecule has 1 aromatic heterocycles. The number of aldehydes is 1. The monoisotopic (exact) mass is 296 g/mol. The zero-order chi connectivity index (χ0) is 14.8. The molecule has 3 aromatic rings. The first-order valence-corrected chi connectivity index (χ1v) is 7.26. The van der Waals surface area contributed by atoms with E-state index in [0.29, 0.717) is 16.8 Å². The Balaban J connectivity index is 2.21. The Morgan fingerprint density at radius 1 is 1.05 bits per heavy atom. The third kappa shape index (κ3) is 2.62. The fourth-order valence-corrected chi connectivity index (χ4v) is 3.10. The van der Waals surface area contributed by atoms with Gasteiger partial charge in [-0.2, -0.15) is 0 Å². The van der Waals surface area contributed by atoms with Crippen LogP contribution in [0.4, 0.5) is 0 Å². The van der Waals surface area contributed by atoms with Crippen LogP contribution in [0.15, 0.2) is 67.5 Å². The van der Waals surface area contributed by atoms with Crippen molar-refractivity contribution >= 4 is 29.0 Å². The standard InChI is InChI=1S/C17H12O3S/c1-11-6-8-12(9-7-11)21-16-13-4-2-3-5-15(13)20-17(19)14(16)10-18/h2-10H,1H3. The van der Waals surface area contributed by atoms with E-state index in [1.165, 1.54) is 11.8 Å². The fourth-order valence-electron chi connectivity index (χ4n) is 2.07. The van der Waals surface area contributed by atoms with Crippen molar-refractivity contribution in [3.63, 3.8) is 0 Å². The summed E-state index contributed by atoms with van der Waals surface area (Å²) in [5.41, 5.74) is 1.12. The summed E-state index contributed by atoms with van der Waals surface area (Å²) in [6, 6.07) is 15.2. The van der Waals surface area contributed by atoms with Gasteiger partial charge in [0.05, 0.1) is 0 Å². The zero-order valence-corrected chi connectivity index (χ0v) is 12.1. The number of hydrogen-bond donors (Lipinski definition) is 0. The van der Waals surface area contributed by atoms with Gasteiger partial charge in [0.25, 0.3) is 0 Å². The molecule has 0 saturated carbocycles. The predicted molar refractivity (Wildman–Crippen MR) is 83.2 cm³/mol. The van der Waals surface area contributed by atoms with Crippen molar-refractivity contribution in [2.75, 3.05) is 0 Å². The van der Waals surface area contributed by atoms with Crippen LogP contribution in [0.3, 0.4) is 0 Å². The zero-order valence-electron chi connectivity index (χ0n) is 11.3. The highest BCUT2D eigenvalue weighted by Crippen LogP contribution is 2.34. The largest absolute Gasteiger partial charge is 0.422 e. The van der Waals surface area contributed by atoms with Crippen LogP contribution in [0.1, 0.15) is 15.9 Å². The van der Waals surface area contributed by atoms with Crippen LogP contribution < -0.4 is 5.63 Å². The quantitative estimate of drug-likeness (QED) is 0.540. The van der Waals surface area contributed by atoms with Gasteiger partial charge in [0.2, 0.25) is 0 Å². The first kappa shape index (κ1) is 13.6. The molecule has 0 fully saturated rings. The number of fused-ring (bicyclic) bond motifs is 1. The lowest BCUT2D eigenvalue weighted by Gasteiger charge is -2.08. The van der Waals surface area contributed by atoms with Crippen molar-refractivity contribution in [3.8, 4) is 0 Å². The van der Waals surface area contributed by atoms with E-state index in [1.807, 2.05) is 43.3 Å². The van der Waals surface area contributed by atoms with Gasteiger partial charge in [-0.15, -0.1) is 0 Å². The summed E-state index contributed by atoms with van der Waals surface area (Å²) in [5, 5.41) is 0.768. The molecule has 0 amide bonds. The van der Waals surface area contributed by atoms with Gasteiger partial charge in [-0.05, 0) is 25.1 Å². The van der Waals surface area contributed by atoms with Gasteiger partial charge < -0.3 is 4.42 Å². The molecule has 0 aliphatic carbocycles. The Labute approximate surface area is 125 Å². The minimum absolute atomic E-state index is 0.0688. The molecule has 3 nitrogen and oxygen atoms in total. The lowest BCUT2D eigenvalue weighted by Crippen LogP contribution is -2.08. The van der Waals surface area contributed by atoms with Crippen molar-refractivity contribution < 1.29 is 9.21 Å². The molecule has 3 rings (SSSR count). The Bertz CT molecular complexity index is 863. The third-order valence-corrected chi connectivity index (χ3v) is 4.31. The molecule has 0 aliphatic rings. The van der Waals surface area contributed by atoms with Crippen molar-refractivity contribution in [2.45, 2.75) is 16.7 Å². The molecular formula is C17H12O3S. The molecule has 0 N–H and O–H groups in total. The summed E-state index contributed by atoms with van der Waals surface area (Å²) in [7, 11) is 0. The molecular weight excluding hydrogens is 284 g/mol. The second kappa shape index (κ2) is 5.58. The minimum Gasteiger partial charge on any atom is -0.422 e. The maximum Gasteiger partial charge on any atom is 0.348 e. The fraction of sp³-hybridized carbons (Fsp3) is 0.0588. The van der Waals surface area contributed by atoms with E-state index in [9.17, 15) is 9.59 Å². The maximum absolute atomic E-state index is 11.9. The molecule has 0 saturated heterocycles. The van der Waals surface area contributed by atoms with Gasteiger partial charge in [0, 0.05) is 15.2 Å². The maximum atomic E-state index is 11.9. The van der Waals surface area contributed by atoms with Gasteiger partial charge in [-0.3, -0.25) is 4.79 Å². The first-order chi connectivity index (χ1) is 10.2. The molecule has 0 spiro atoms. The Hall–Kier alpha value is -2.33. The number of carbonyl (C=O) groups excluding carboxylic acids is 1. The minimum atomic E-state index is -0.599. The van der Waals surface area contributed by atoms with Gasteiger partial charge in [0.15, 0.2) is 6.29 Å². The topological polar surface area (TPSA) is 47.3 Å². The summed E-state index contributed by atoms with van der Waals surface area (Å²) in [5.74, 6) is 0. The molecule has 0 aliphatic heterocycles. The van der Waals surface area contributed by atoms with Gasteiger partial charge in [-0.1, -0.05) is 47.7 Å². The molecule has 0 unspecified atom stereocenters. The number of carbonyl (C=O) groups is 1. The Morgan fingerprint density at radius 2 is 1.76 bits per heavy atom. The number of hydrogen-bond acceptors (Lipinski definition) is 4. The van der Waals surface area contributed by atoms with E-state index in [1.54, 1.807) is 12.1 Å². The summed E-state index contributed by atoms with van der Waals surface area (Å²) >= 11 is 1.40. The highest BCUT2D eigenvalue weighted by molar-refractivity contribution is 7.99. The average molecular weight is 296 g/mol. The van der Waals surface area contributed by atoms with E-state index in [0.717, 1.165) is 15.8 Å². The smallest absolute Gasteiger partial charge is 0.348 e. The third-order valence-electron chi connectivity index (χ3n) is 3.16. The highest BCUT2D eigenvalue weighted by Gasteiger charge is 2.15. The van der Waals surface area contributed by atoms with Crippen molar-refractivity contribution in [1.29, 1.82) is 0 Å². The van der Waals surface area contributed by atoms with Crippen molar-refractivity contribution in [2.24, 2.45) is 0 Å². The molecule has 21 heavy (non-hydrogen) atoms. The average Bonchev–Trinajstić information content (AvgIpc) is 2.49. The van der Waals surface area contributed by atoms with Crippen LogP contribution in [-0.4, -0.2) is 6.29 Å². The van der Waals surface area contributed by atoms with Crippen LogP contribution in [0.5, 0.6) is 0 Å². The number of aryl methyl sites for hydroxylation is 1. The predicted octanol–water partition coefficient (Wildman–Crippen LogP) is 4.07. The van der Waals surface area contributed by atoms with Crippen molar-refractivity contribution in [1.82, 2.24) is 0 Å². The molecule has 4 heteroatoms. The second-order valence-electron chi connectivity index (χ2n) is 4.66. The summed E-state index contributed by atoms with van der Waals surface area (Å²) in [6.45, 7) is 2.01. The lowest BCUT2D eigenvalue weighted by molar-refractivity contribution is 0.111. The van der Waals surface area contributed by atoms with Gasteiger partial charge in [0.1, 0.15) is 11.1 Å². The summed E-state index contributed by atoms with van der Waals surface area (Å²) in [6.07, 6.45) is 0.564. The Kier molecular flexibility index (Phi) is 3.62. The molecule has 0 atom stereocenters. The summed E-state index contributed by atoms with van der Waals surface area (Å²) in [4.78, 5) is 24.8. The van der Waals surface area contributed by atoms with Crippen LogP contribution in [-0.2, 0) is 0 Å². The first-order valence-electron chi connectivity index (χ1n) is 6.44. The molecule has 2 aromatic carbocycles. The van der Waals surface area contributed by atoms with Crippen LogP contribution in [0, 0.1) is 6.92 Å². The van der Waals surface area contributed by atoms with E-state index in [-0.39, 0.29) is 5.56 Å². The molecule has 0 bridgehead atoms. The Morgan fingerprint density at radius 3 is 2.48 bits per heavy atom. The van der Waals surface area contributed by atoms with Crippen molar-refractivity contribution in [3.05, 3.63) is 70.1 Å². The lowest BCUT2D eigenvalue weighted by atomic mass is 10.2. The normalized spacial score (nSPS) is 10.7. The van der Waals surface area contributed by atoms with Crippen LogP contribution in [0.2, 0.25) is 0 Å². The number of benzene rings is 2. The van der Waals surface area contributed by atoms with E-state index < -0.39 is 5.63 Å². The molecule has 0 radical (unpaired) electrons. The second-order valence-corrected chi connectivity index (χ2v) is 5.75. The van der Waals surface area contributed by atoms with Gasteiger partial charge >= 0.3 is 5.63 Å². The number of para-hydroxylation sites is 1. The van der Waals surface area contributed by atoms with Gasteiger partial charge in [-0.25, -0.2) is 4.79 Å². The highest BCUT2D eigenvalue weighted by atomic mass is 32.2. The van der Waals surface area contributed by atoms with Crippen LogP contribution in [0.25, 0.3) is 11.0 Å². The van der Waals surface area contributed by atoms with E-state index in [2.05, 4.69) is 0 Å². The molecule has 104 valence electrons. The van der Waals surface area contributed by atoms with Crippen LogP contribution >= 0.6 is 11.8 Å². The SMILES string of the molecule is Cc1ccc(Sc2c(C=O)c(=O)oc3ccccc23)cc1. The van der Waals surface area contributed by atoms with E-state index >= 15 is 0 Å². The van der Waals surface area contributed by atoms with E-state index in [4.69, 9.17) is 4.42 Å². The number of rotatable bonds is 3. The summed E-state index contributed by atoms with van der Waals surface area (Å²) < 4.78 is 5.18. The molecule has 1 heterocycles.